The number of hydrogen-bond acceptors (Lipinski definition) is 2. The number of carbonyl (C=O) groups is 1. The molecule has 1 aliphatic rings. The van der Waals surface area contributed by atoms with E-state index in [1.807, 2.05) is 26.1 Å². The maximum absolute atomic E-state index is 12.3. The van der Waals surface area contributed by atoms with Gasteiger partial charge >= 0.3 is 0 Å². The molecule has 0 fully saturated rings. The number of aromatic hydroxyl groups is 1. The third-order valence-corrected chi connectivity index (χ3v) is 4.11. The highest BCUT2D eigenvalue weighted by Crippen LogP contribution is 2.25. The van der Waals surface area contributed by atoms with Crippen LogP contribution in [0.4, 0.5) is 0 Å². The molecule has 0 saturated heterocycles. The van der Waals surface area contributed by atoms with Crippen molar-refractivity contribution in [1.29, 1.82) is 0 Å². The van der Waals surface area contributed by atoms with E-state index < -0.39 is 0 Å². The summed E-state index contributed by atoms with van der Waals surface area (Å²) in [5.41, 5.74) is 2.32. The standard InChI is InChI=1S/C17H23NO2/c1-13(15-8-10-16(19)11-9-15)18(2)17(20)12-14-6-4-3-5-7-14/h6,8-11,13,19H,3-5,7,12H2,1-2H3. The van der Waals surface area contributed by atoms with Gasteiger partial charge in [-0.3, -0.25) is 4.79 Å². The van der Waals surface area contributed by atoms with E-state index in [1.165, 1.54) is 18.4 Å². The molecule has 20 heavy (non-hydrogen) atoms. The molecule has 0 bridgehead atoms. The molecule has 0 spiro atoms. The average Bonchev–Trinajstić information content (AvgIpc) is 2.47. The van der Waals surface area contributed by atoms with Crippen molar-refractivity contribution in [1.82, 2.24) is 4.90 Å². The van der Waals surface area contributed by atoms with E-state index in [1.54, 1.807) is 17.0 Å². The zero-order chi connectivity index (χ0) is 14.5. The Hall–Kier alpha value is -1.77. The van der Waals surface area contributed by atoms with E-state index in [-0.39, 0.29) is 17.7 Å². The fourth-order valence-corrected chi connectivity index (χ4v) is 2.58. The van der Waals surface area contributed by atoms with Crippen LogP contribution in [0.1, 0.15) is 50.6 Å². The van der Waals surface area contributed by atoms with Crippen molar-refractivity contribution < 1.29 is 9.90 Å². The molecule has 0 heterocycles. The van der Waals surface area contributed by atoms with Crippen molar-refractivity contribution in [2.45, 2.75) is 45.1 Å². The summed E-state index contributed by atoms with van der Waals surface area (Å²) in [5, 5.41) is 9.31. The summed E-state index contributed by atoms with van der Waals surface area (Å²) in [5.74, 6) is 0.418. The van der Waals surface area contributed by atoms with Gasteiger partial charge < -0.3 is 10.0 Å². The van der Waals surface area contributed by atoms with Crippen molar-refractivity contribution >= 4 is 5.91 Å². The number of allylic oxidation sites excluding steroid dienone is 1. The number of carbonyl (C=O) groups excluding carboxylic acids is 1. The molecular weight excluding hydrogens is 250 g/mol. The van der Waals surface area contributed by atoms with Gasteiger partial charge in [-0.15, -0.1) is 0 Å². The lowest BCUT2D eigenvalue weighted by Crippen LogP contribution is -2.29. The summed E-state index contributed by atoms with van der Waals surface area (Å²) in [6.07, 6.45) is 7.39. The number of hydrogen-bond donors (Lipinski definition) is 1. The first kappa shape index (κ1) is 14.6. The van der Waals surface area contributed by atoms with Gasteiger partial charge in [0.2, 0.25) is 5.91 Å². The van der Waals surface area contributed by atoms with Gasteiger partial charge in [-0.05, 0) is 50.3 Å². The largest absolute Gasteiger partial charge is 0.508 e. The fourth-order valence-electron chi connectivity index (χ4n) is 2.58. The summed E-state index contributed by atoms with van der Waals surface area (Å²) < 4.78 is 0. The van der Waals surface area contributed by atoms with Crippen molar-refractivity contribution in [3.05, 3.63) is 41.5 Å². The predicted molar refractivity (Wildman–Crippen MR) is 80.5 cm³/mol. The molecular formula is C17H23NO2. The SMILES string of the molecule is CC(c1ccc(O)cc1)N(C)C(=O)CC1=CCCCC1. The molecule has 1 unspecified atom stereocenters. The normalized spacial score (nSPS) is 16.4. The second-order valence-corrected chi connectivity index (χ2v) is 5.56. The lowest BCUT2D eigenvalue weighted by molar-refractivity contribution is -0.131. The van der Waals surface area contributed by atoms with Gasteiger partial charge in [-0.25, -0.2) is 0 Å². The molecule has 1 N–H and O–H groups in total. The molecule has 3 nitrogen and oxygen atoms in total. The molecule has 1 aromatic carbocycles. The molecule has 1 atom stereocenters. The van der Waals surface area contributed by atoms with Gasteiger partial charge in [-0.2, -0.15) is 0 Å². The molecule has 0 saturated carbocycles. The Kier molecular flexibility index (Phi) is 4.83. The molecule has 2 rings (SSSR count). The van der Waals surface area contributed by atoms with Gasteiger partial charge in [0.1, 0.15) is 5.75 Å². The maximum atomic E-state index is 12.3. The predicted octanol–water partition coefficient (Wildman–Crippen LogP) is 3.80. The van der Waals surface area contributed by atoms with E-state index in [9.17, 15) is 9.90 Å². The van der Waals surface area contributed by atoms with E-state index in [2.05, 4.69) is 6.08 Å². The van der Waals surface area contributed by atoms with Gasteiger partial charge in [-0.1, -0.05) is 23.8 Å². The Morgan fingerprint density at radius 3 is 2.60 bits per heavy atom. The lowest BCUT2D eigenvalue weighted by Gasteiger charge is -2.26. The van der Waals surface area contributed by atoms with E-state index in [0.29, 0.717) is 6.42 Å². The topological polar surface area (TPSA) is 40.5 Å². The zero-order valence-electron chi connectivity index (χ0n) is 12.3. The number of benzene rings is 1. The number of phenols is 1. The summed E-state index contributed by atoms with van der Waals surface area (Å²) in [7, 11) is 1.85. The Balaban J connectivity index is 1.98. The van der Waals surface area contributed by atoms with Crippen molar-refractivity contribution in [2.75, 3.05) is 7.05 Å². The van der Waals surface area contributed by atoms with E-state index in [4.69, 9.17) is 0 Å². The molecule has 1 aliphatic carbocycles. The van der Waals surface area contributed by atoms with E-state index in [0.717, 1.165) is 18.4 Å². The minimum atomic E-state index is 0.0206. The van der Waals surface area contributed by atoms with Crippen LogP contribution in [0.5, 0.6) is 5.75 Å². The van der Waals surface area contributed by atoms with Crippen LogP contribution in [0.25, 0.3) is 0 Å². The third-order valence-electron chi connectivity index (χ3n) is 4.11. The number of rotatable bonds is 4. The van der Waals surface area contributed by atoms with Crippen molar-refractivity contribution in [3.8, 4) is 5.75 Å². The summed E-state index contributed by atoms with van der Waals surface area (Å²) in [6.45, 7) is 2.01. The van der Waals surface area contributed by atoms with Crippen LogP contribution in [0, 0.1) is 0 Å². The first-order chi connectivity index (χ1) is 9.58. The number of phenolic OH excluding ortho intramolecular Hbond substituents is 1. The Morgan fingerprint density at radius 2 is 2.00 bits per heavy atom. The van der Waals surface area contributed by atoms with Crippen LogP contribution in [-0.4, -0.2) is 23.0 Å². The van der Waals surface area contributed by atoms with Crippen LogP contribution in [0.2, 0.25) is 0 Å². The first-order valence-electron chi connectivity index (χ1n) is 7.30. The quantitative estimate of drug-likeness (QED) is 0.848. The fraction of sp³-hybridized carbons (Fsp3) is 0.471. The third kappa shape index (κ3) is 3.62. The van der Waals surface area contributed by atoms with Crippen LogP contribution >= 0.6 is 0 Å². The highest BCUT2D eigenvalue weighted by atomic mass is 16.3. The second-order valence-electron chi connectivity index (χ2n) is 5.56. The molecule has 0 radical (unpaired) electrons. The molecule has 1 amide bonds. The molecule has 0 aliphatic heterocycles. The zero-order valence-corrected chi connectivity index (χ0v) is 12.3. The highest BCUT2D eigenvalue weighted by molar-refractivity contribution is 5.79. The van der Waals surface area contributed by atoms with Gasteiger partial charge in [0.15, 0.2) is 0 Å². The molecule has 108 valence electrons. The van der Waals surface area contributed by atoms with Crippen LogP contribution in [0.15, 0.2) is 35.9 Å². The van der Waals surface area contributed by atoms with Crippen LogP contribution in [0.3, 0.4) is 0 Å². The number of nitrogens with zero attached hydrogens (tertiary/aromatic N) is 1. The molecule has 0 aromatic heterocycles. The van der Waals surface area contributed by atoms with Gasteiger partial charge in [0.05, 0.1) is 6.04 Å². The second kappa shape index (κ2) is 6.60. The van der Waals surface area contributed by atoms with E-state index >= 15 is 0 Å². The van der Waals surface area contributed by atoms with Gasteiger partial charge in [0.25, 0.3) is 0 Å². The minimum absolute atomic E-state index is 0.0206. The van der Waals surface area contributed by atoms with Crippen LogP contribution < -0.4 is 0 Å². The Labute approximate surface area is 120 Å². The smallest absolute Gasteiger partial charge is 0.226 e. The van der Waals surface area contributed by atoms with Crippen molar-refractivity contribution in [2.24, 2.45) is 0 Å². The first-order valence-corrected chi connectivity index (χ1v) is 7.30. The average molecular weight is 273 g/mol. The monoisotopic (exact) mass is 273 g/mol. The lowest BCUT2D eigenvalue weighted by atomic mass is 9.96. The molecule has 1 aromatic rings. The summed E-state index contributed by atoms with van der Waals surface area (Å²) >= 11 is 0. The van der Waals surface area contributed by atoms with Crippen molar-refractivity contribution in [3.63, 3.8) is 0 Å². The number of amides is 1. The minimum Gasteiger partial charge on any atom is -0.508 e. The van der Waals surface area contributed by atoms with Crippen LogP contribution in [-0.2, 0) is 4.79 Å². The Bertz CT molecular complexity index is 490. The summed E-state index contributed by atoms with van der Waals surface area (Å²) in [4.78, 5) is 14.1. The molecule has 3 heteroatoms. The maximum Gasteiger partial charge on any atom is 0.226 e. The summed E-state index contributed by atoms with van der Waals surface area (Å²) in [6, 6.07) is 7.07. The van der Waals surface area contributed by atoms with Gasteiger partial charge in [0, 0.05) is 13.5 Å². The highest BCUT2D eigenvalue weighted by Gasteiger charge is 2.19. The Morgan fingerprint density at radius 1 is 1.30 bits per heavy atom.